The molecule has 1 saturated heterocycles. The first-order chi connectivity index (χ1) is 14.8. The Kier molecular flexibility index (Phi) is 5.42. The summed E-state index contributed by atoms with van der Waals surface area (Å²) in [5, 5.41) is 6.70. The number of carbonyl (C=O) groups is 2. The van der Waals surface area contributed by atoms with Crippen LogP contribution in [0.1, 0.15) is 32.2 Å². The van der Waals surface area contributed by atoms with Crippen LogP contribution in [-0.2, 0) is 30.3 Å². The molecule has 0 radical (unpaired) electrons. The second-order valence-electron chi connectivity index (χ2n) is 7.09. The van der Waals surface area contributed by atoms with Gasteiger partial charge in [-0.3, -0.25) is 19.3 Å². The summed E-state index contributed by atoms with van der Waals surface area (Å²) in [6, 6.07) is 1.73. The van der Waals surface area contributed by atoms with Crippen LogP contribution in [0, 0.1) is 0 Å². The van der Waals surface area contributed by atoms with Crippen LogP contribution >= 0.6 is 0 Å². The smallest absolute Gasteiger partial charge is 0.333 e. The number of carbonyl (C=O) groups excluding carboxylic acids is 2. The van der Waals surface area contributed by atoms with E-state index in [4.69, 9.17) is 19.9 Å². The number of H-pyrrole nitrogens is 1. The highest BCUT2D eigenvalue weighted by molar-refractivity contribution is 5.72. The van der Waals surface area contributed by atoms with Gasteiger partial charge in [-0.05, 0) is 6.07 Å². The van der Waals surface area contributed by atoms with Crippen LogP contribution in [0.5, 0.6) is 0 Å². The average Bonchev–Trinajstić information content (AvgIpc) is 3.40. The van der Waals surface area contributed by atoms with Gasteiger partial charge in [0, 0.05) is 26.5 Å². The largest absolute Gasteiger partial charge is 0.463 e. The van der Waals surface area contributed by atoms with Gasteiger partial charge < -0.3 is 19.9 Å². The van der Waals surface area contributed by atoms with Gasteiger partial charge >= 0.3 is 17.6 Å². The number of aromatic nitrogens is 6. The number of rotatable bonds is 6. The SMILES string of the molecule is CC(=O)OC[C@@H]1C[C@@H](OC(C)=O)[C@@H](n2c(=O)n(Cc3ccn[nH]3)c3cnc(N)nc32)O1. The van der Waals surface area contributed by atoms with E-state index in [1.165, 1.54) is 29.2 Å². The van der Waals surface area contributed by atoms with E-state index in [0.29, 0.717) is 11.2 Å². The summed E-state index contributed by atoms with van der Waals surface area (Å²) >= 11 is 0. The van der Waals surface area contributed by atoms with Crippen molar-refractivity contribution in [3.8, 4) is 0 Å². The molecule has 13 heteroatoms. The van der Waals surface area contributed by atoms with Crippen molar-refractivity contribution < 1.29 is 23.8 Å². The van der Waals surface area contributed by atoms with E-state index in [9.17, 15) is 14.4 Å². The zero-order valence-electron chi connectivity index (χ0n) is 16.8. The third-order valence-electron chi connectivity index (χ3n) is 4.80. The summed E-state index contributed by atoms with van der Waals surface area (Å²) in [6.45, 7) is 2.68. The Morgan fingerprint density at radius 3 is 2.84 bits per heavy atom. The lowest BCUT2D eigenvalue weighted by molar-refractivity contribution is -0.153. The van der Waals surface area contributed by atoms with E-state index >= 15 is 0 Å². The Bertz CT molecular complexity index is 1170. The van der Waals surface area contributed by atoms with Gasteiger partial charge in [0.25, 0.3) is 0 Å². The molecule has 4 heterocycles. The Morgan fingerprint density at radius 1 is 1.35 bits per heavy atom. The van der Waals surface area contributed by atoms with Crippen molar-refractivity contribution in [1.29, 1.82) is 0 Å². The molecule has 164 valence electrons. The number of ether oxygens (including phenoxy) is 3. The number of hydrogen-bond acceptors (Lipinski definition) is 10. The fourth-order valence-corrected chi connectivity index (χ4v) is 3.58. The van der Waals surface area contributed by atoms with Crippen LogP contribution in [0.2, 0.25) is 0 Å². The maximum atomic E-state index is 13.4. The van der Waals surface area contributed by atoms with E-state index in [1.807, 2.05) is 0 Å². The highest BCUT2D eigenvalue weighted by Gasteiger charge is 2.41. The fourth-order valence-electron chi connectivity index (χ4n) is 3.58. The fraction of sp³-hybridized carbons (Fsp3) is 0.444. The average molecular weight is 431 g/mol. The minimum Gasteiger partial charge on any atom is -0.463 e. The van der Waals surface area contributed by atoms with Crippen molar-refractivity contribution in [3.63, 3.8) is 0 Å². The van der Waals surface area contributed by atoms with Gasteiger partial charge in [0.05, 0.1) is 24.5 Å². The van der Waals surface area contributed by atoms with Gasteiger partial charge in [-0.15, -0.1) is 0 Å². The van der Waals surface area contributed by atoms with Gasteiger partial charge in [-0.25, -0.2) is 14.3 Å². The van der Waals surface area contributed by atoms with E-state index in [2.05, 4.69) is 20.2 Å². The molecule has 3 N–H and O–H groups in total. The lowest BCUT2D eigenvalue weighted by atomic mass is 10.2. The number of esters is 2. The van der Waals surface area contributed by atoms with Crippen molar-refractivity contribution >= 4 is 29.1 Å². The predicted molar refractivity (Wildman–Crippen MR) is 105 cm³/mol. The predicted octanol–water partition coefficient (Wildman–Crippen LogP) is -0.271. The standard InChI is InChI=1S/C18H21N7O6/c1-9(26)29-8-12-5-14(30-10(2)27)16(31-12)25-15-13(6-20-17(19)22-15)24(18(25)28)7-11-3-4-21-23-11/h3-4,6,12,14,16H,5,7-8H2,1-2H3,(H,21,23)(H2,19,20,22)/t12-,14+,16-/m0/s1. The first-order valence-electron chi connectivity index (χ1n) is 9.51. The molecule has 3 aromatic heterocycles. The lowest BCUT2D eigenvalue weighted by Gasteiger charge is -2.19. The van der Waals surface area contributed by atoms with Crippen molar-refractivity contribution in [2.24, 2.45) is 0 Å². The number of anilines is 1. The summed E-state index contributed by atoms with van der Waals surface area (Å²) in [4.78, 5) is 44.4. The Morgan fingerprint density at radius 2 is 2.16 bits per heavy atom. The molecule has 13 nitrogen and oxygen atoms in total. The molecule has 0 aromatic carbocycles. The first kappa shape index (κ1) is 20.5. The molecule has 0 unspecified atom stereocenters. The number of fused-ring (bicyclic) bond motifs is 1. The molecule has 3 atom stereocenters. The molecular weight excluding hydrogens is 410 g/mol. The quantitative estimate of drug-likeness (QED) is 0.495. The molecule has 4 rings (SSSR count). The summed E-state index contributed by atoms with van der Waals surface area (Å²) in [7, 11) is 0. The van der Waals surface area contributed by atoms with Crippen LogP contribution in [0.15, 0.2) is 23.3 Å². The molecule has 1 aliphatic rings. The van der Waals surface area contributed by atoms with Gasteiger partial charge in [0.2, 0.25) is 5.95 Å². The number of nitrogens with one attached hydrogen (secondary N) is 1. The van der Waals surface area contributed by atoms with Crippen LogP contribution in [0.3, 0.4) is 0 Å². The van der Waals surface area contributed by atoms with Crippen molar-refractivity contribution in [2.75, 3.05) is 12.3 Å². The number of hydrogen-bond donors (Lipinski definition) is 2. The Balaban J connectivity index is 1.78. The van der Waals surface area contributed by atoms with E-state index in [0.717, 1.165) is 0 Å². The Labute approximate surface area is 175 Å². The maximum absolute atomic E-state index is 13.4. The van der Waals surface area contributed by atoms with Crippen LogP contribution < -0.4 is 11.4 Å². The van der Waals surface area contributed by atoms with Crippen LogP contribution in [0.4, 0.5) is 5.95 Å². The molecule has 1 aliphatic heterocycles. The molecule has 0 aliphatic carbocycles. The third-order valence-corrected chi connectivity index (χ3v) is 4.80. The number of aromatic amines is 1. The minimum absolute atomic E-state index is 0.0292. The highest BCUT2D eigenvalue weighted by atomic mass is 16.6. The van der Waals surface area contributed by atoms with Gasteiger partial charge in [-0.2, -0.15) is 10.1 Å². The summed E-state index contributed by atoms with van der Waals surface area (Å²) < 4.78 is 19.1. The zero-order valence-corrected chi connectivity index (χ0v) is 16.8. The molecule has 0 bridgehead atoms. The molecular formula is C18H21N7O6. The zero-order chi connectivity index (χ0) is 22.1. The maximum Gasteiger partial charge on any atom is 0.333 e. The van der Waals surface area contributed by atoms with E-state index < -0.39 is 36.1 Å². The Hall–Kier alpha value is -3.74. The molecule has 1 fully saturated rings. The topological polar surface area (TPSA) is 169 Å². The highest BCUT2D eigenvalue weighted by Crippen LogP contribution is 2.33. The molecule has 3 aromatic rings. The van der Waals surface area contributed by atoms with Gasteiger partial charge in [0.15, 0.2) is 11.9 Å². The summed E-state index contributed by atoms with van der Waals surface area (Å²) in [5.74, 6) is -1.03. The monoisotopic (exact) mass is 431 g/mol. The minimum atomic E-state index is -0.989. The molecule has 0 saturated carbocycles. The normalized spacial score (nSPS) is 20.8. The number of nitrogens with zero attached hydrogens (tertiary/aromatic N) is 5. The number of nitrogens with two attached hydrogens (primary N) is 1. The number of nitrogen functional groups attached to an aromatic ring is 1. The lowest BCUT2D eigenvalue weighted by Crippen LogP contribution is -2.34. The van der Waals surface area contributed by atoms with Crippen LogP contribution in [0.25, 0.3) is 11.2 Å². The molecule has 0 amide bonds. The van der Waals surface area contributed by atoms with Crippen molar-refractivity contribution in [1.82, 2.24) is 29.3 Å². The van der Waals surface area contributed by atoms with Gasteiger partial charge in [-0.1, -0.05) is 0 Å². The van der Waals surface area contributed by atoms with E-state index in [-0.39, 0.29) is 31.2 Å². The second kappa shape index (κ2) is 8.18. The second-order valence-corrected chi connectivity index (χ2v) is 7.09. The van der Waals surface area contributed by atoms with Crippen molar-refractivity contribution in [3.05, 3.63) is 34.6 Å². The van der Waals surface area contributed by atoms with Crippen molar-refractivity contribution in [2.45, 2.75) is 45.2 Å². The number of imidazole rings is 1. The third kappa shape index (κ3) is 4.12. The molecule has 0 spiro atoms. The van der Waals surface area contributed by atoms with Gasteiger partial charge in [0.1, 0.15) is 18.2 Å². The van der Waals surface area contributed by atoms with Crippen LogP contribution in [-0.4, -0.2) is 60.1 Å². The first-order valence-corrected chi connectivity index (χ1v) is 9.51. The molecule has 31 heavy (non-hydrogen) atoms. The summed E-state index contributed by atoms with van der Waals surface area (Å²) in [6.07, 6.45) is 0.894. The summed E-state index contributed by atoms with van der Waals surface area (Å²) in [5.41, 5.74) is 6.64. The van der Waals surface area contributed by atoms with E-state index in [1.54, 1.807) is 12.3 Å².